The van der Waals surface area contributed by atoms with Gasteiger partial charge in [0.1, 0.15) is 6.61 Å². The Kier molecular flexibility index (Phi) is 7.38. The topological polar surface area (TPSA) is 99.0 Å². The number of amides is 2. The van der Waals surface area contributed by atoms with Gasteiger partial charge in [0.2, 0.25) is 0 Å². The highest BCUT2D eigenvalue weighted by molar-refractivity contribution is 8.19. The molecule has 0 aromatic heterocycles. The number of carbonyl (C=O) groups is 2. The number of halogens is 1. The van der Waals surface area contributed by atoms with Crippen molar-refractivity contribution < 1.29 is 24.0 Å². The summed E-state index contributed by atoms with van der Waals surface area (Å²) < 4.78 is 11.5. The number of nitro groups is 1. The average Bonchev–Trinajstić information content (AvgIpc) is 3.12. The van der Waals surface area contributed by atoms with E-state index in [1.54, 1.807) is 60.7 Å². The molecule has 0 saturated carbocycles. The molecule has 2 amide bonds. The largest absolute Gasteiger partial charge is 0.490 e. The van der Waals surface area contributed by atoms with Gasteiger partial charge in [0.25, 0.3) is 16.8 Å². The van der Waals surface area contributed by atoms with E-state index >= 15 is 0 Å². The van der Waals surface area contributed by atoms with Crippen LogP contribution in [0.4, 0.5) is 16.2 Å². The van der Waals surface area contributed by atoms with Gasteiger partial charge in [-0.25, -0.2) is 4.90 Å². The minimum Gasteiger partial charge on any atom is -0.490 e. The Bertz CT molecular complexity index is 1330. The van der Waals surface area contributed by atoms with Gasteiger partial charge in [-0.3, -0.25) is 19.7 Å². The highest BCUT2D eigenvalue weighted by Gasteiger charge is 2.36. The molecule has 1 saturated heterocycles. The van der Waals surface area contributed by atoms with Gasteiger partial charge in [0, 0.05) is 17.2 Å². The highest BCUT2D eigenvalue weighted by atomic mass is 35.5. The molecule has 1 fully saturated rings. The van der Waals surface area contributed by atoms with E-state index in [9.17, 15) is 19.7 Å². The van der Waals surface area contributed by atoms with Gasteiger partial charge in [-0.2, -0.15) is 0 Å². The number of carbonyl (C=O) groups excluding carboxylic acids is 2. The highest BCUT2D eigenvalue weighted by Crippen LogP contribution is 2.37. The molecule has 4 rings (SSSR count). The lowest BCUT2D eigenvalue weighted by Gasteiger charge is -2.13. The molecule has 0 spiro atoms. The van der Waals surface area contributed by atoms with Crippen LogP contribution in [0.25, 0.3) is 6.08 Å². The molecule has 35 heavy (non-hydrogen) atoms. The molecule has 3 aromatic rings. The Balaban J connectivity index is 1.54. The number of ether oxygens (including phenoxy) is 2. The van der Waals surface area contributed by atoms with Crippen LogP contribution in [0.15, 0.2) is 71.6 Å². The second-order valence-electron chi connectivity index (χ2n) is 7.35. The fraction of sp³-hybridized carbons (Fsp3) is 0.120. The van der Waals surface area contributed by atoms with E-state index < -0.39 is 16.1 Å². The number of nitrogens with zero attached hydrogens (tertiary/aromatic N) is 2. The van der Waals surface area contributed by atoms with Crippen LogP contribution in [0.2, 0.25) is 5.02 Å². The van der Waals surface area contributed by atoms with Gasteiger partial charge in [0.15, 0.2) is 11.5 Å². The maximum Gasteiger partial charge on any atom is 0.298 e. The number of rotatable bonds is 8. The van der Waals surface area contributed by atoms with Gasteiger partial charge < -0.3 is 9.47 Å². The number of non-ortho nitro benzene ring substituents is 1. The lowest BCUT2D eigenvalue weighted by atomic mass is 10.1. The van der Waals surface area contributed by atoms with Crippen molar-refractivity contribution in [3.8, 4) is 11.5 Å². The number of nitro benzene ring substituents is 1. The molecule has 8 nitrogen and oxygen atoms in total. The second kappa shape index (κ2) is 10.6. The number of thioether (sulfide) groups is 1. The first-order valence-electron chi connectivity index (χ1n) is 10.5. The fourth-order valence-electron chi connectivity index (χ4n) is 3.35. The smallest absolute Gasteiger partial charge is 0.298 e. The van der Waals surface area contributed by atoms with Crippen molar-refractivity contribution in [1.29, 1.82) is 0 Å². The summed E-state index contributed by atoms with van der Waals surface area (Å²) in [6.07, 6.45) is 1.62. The number of hydrogen-bond acceptors (Lipinski definition) is 7. The van der Waals surface area contributed by atoms with E-state index in [0.29, 0.717) is 39.9 Å². The van der Waals surface area contributed by atoms with Crippen LogP contribution in [-0.2, 0) is 11.4 Å². The molecule has 3 aromatic carbocycles. The average molecular weight is 511 g/mol. The van der Waals surface area contributed by atoms with Gasteiger partial charge >= 0.3 is 0 Å². The first-order chi connectivity index (χ1) is 16.9. The first kappa shape index (κ1) is 24.3. The van der Waals surface area contributed by atoms with Gasteiger partial charge in [-0.05, 0) is 72.3 Å². The molecule has 1 heterocycles. The Morgan fingerprint density at radius 1 is 1.03 bits per heavy atom. The van der Waals surface area contributed by atoms with Crippen LogP contribution in [-0.4, -0.2) is 22.7 Å². The molecule has 0 radical (unpaired) electrons. The molecular formula is C25H19ClN2O6S. The zero-order valence-electron chi connectivity index (χ0n) is 18.5. The molecule has 0 aliphatic carbocycles. The van der Waals surface area contributed by atoms with E-state index in [2.05, 4.69) is 0 Å². The molecule has 178 valence electrons. The van der Waals surface area contributed by atoms with Crippen molar-refractivity contribution >= 4 is 52.0 Å². The summed E-state index contributed by atoms with van der Waals surface area (Å²) in [4.78, 5) is 37.3. The van der Waals surface area contributed by atoms with Crippen LogP contribution in [0, 0.1) is 10.1 Å². The summed E-state index contributed by atoms with van der Waals surface area (Å²) in [6.45, 7) is 2.32. The van der Waals surface area contributed by atoms with Gasteiger partial charge in [-0.15, -0.1) is 0 Å². The molecule has 0 atom stereocenters. The van der Waals surface area contributed by atoms with Crippen molar-refractivity contribution in [2.75, 3.05) is 11.5 Å². The Morgan fingerprint density at radius 3 is 2.51 bits per heavy atom. The quantitative estimate of drug-likeness (QED) is 0.194. The van der Waals surface area contributed by atoms with E-state index in [4.69, 9.17) is 21.1 Å². The van der Waals surface area contributed by atoms with E-state index in [1.807, 2.05) is 6.92 Å². The monoisotopic (exact) mass is 510 g/mol. The number of anilines is 1. The normalized spacial score (nSPS) is 14.5. The summed E-state index contributed by atoms with van der Waals surface area (Å²) in [5.41, 5.74) is 1.72. The summed E-state index contributed by atoms with van der Waals surface area (Å²) in [5.74, 6) is 0.472. The van der Waals surface area contributed by atoms with Gasteiger partial charge in [-0.1, -0.05) is 29.8 Å². The van der Waals surface area contributed by atoms with E-state index in [-0.39, 0.29) is 17.2 Å². The van der Waals surface area contributed by atoms with Crippen LogP contribution in [0.1, 0.15) is 18.1 Å². The van der Waals surface area contributed by atoms with E-state index in [0.717, 1.165) is 16.7 Å². The maximum atomic E-state index is 12.9. The third-order valence-corrected chi connectivity index (χ3v) is 6.08. The van der Waals surface area contributed by atoms with Crippen molar-refractivity contribution in [3.63, 3.8) is 0 Å². The third-order valence-electron chi connectivity index (χ3n) is 4.96. The maximum absolute atomic E-state index is 12.9. The predicted molar refractivity (Wildman–Crippen MR) is 135 cm³/mol. The van der Waals surface area contributed by atoms with E-state index in [1.165, 1.54) is 12.1 Å². The number of imide groups is 1. The van der Waals surface area contributed by atoms with Crippen LogP contribution in [0.3, 0.4) is 0 Å². The Morgan fingerprint density at radius 2 is 1.80 bits per heavy atom. The SMILES string of the molecule is CCOc1cc(/C=C2/SC(=O)N(c3ccc(Cl)cc3)C2=O)ccc1OCc1cccc([N+](=O)[O-])c1. The van der Waals surface area contributed by atoms with Crippen molar-refractivity contribution in [2.45, 2.75) is 13.5 Å². The van der Waals surface area contributed by atoms with Gasteiger partial charge in [0.05, 0.1) is 22.1 Å². The molecule has 10 heteroatoms. The summed E-state index contributed by atoms with van der Waals surface area (Å²) in [5, 5.41) is 11.1. The molecule has 0 bridgehead atoms. The molecular weight excluding hydrogens is 492 g/mol. The third kappa shape index (κ3) is 5.64. The predicted octanol–water partition coefficient (Wildman–Crippen LogP) is 6.47. The Hall–Kier alpha value is -3.82. The summed E-state index contributed by atoms with van der Waals surface area (Å²) in [6, 6.07) is 17.8. The first-order valence-corrected chi connectivity index (χ1v) is 11.7. The number of benzene rings is 3. The lowest BCUT2D eigenvalue weighted by Crippen LogP contribution is -2.27. The molecule has 1 aliphatic heterocycles. The summed E-state index contributed by atoms with van der Waals surface area (Å²) >= 11 is 6.75. The van der Waals surface area contributed by atoms with Crippen molar-refractivity contribution in [1.82, 2.24) is 0 Å². The standard InChI is InChI=1S/C25H19ClN2O6S/c1-2-33-22-13-16(6-11-21(22)34-15-17-4-3-5-20(12-17)28(31)32)14-23-24(29)27(25(30)35-23)19-9-7-18(26)8-10-19/h3-14H,2,15H2,1H3/b23-14+. The molecule has 0 N–H and O–H groups in total. The van der Waals surface area contributed by atoms with Crippen LogP contribution < -0.4 is 14.4 Å². The summed E-state index contributed by atoms with van der Waals surface area (Å²) in [7, 11) is 0. The van der Waals surface area contributed by atoms with Crippen molar-refractivity contribution in [3.05, 3.63) is 97.9 Å². The van der Waals surface area contributed by atoms with Crippen LogP contribution >= 0.6 is 23.4 Å². The van der Waals surface area contributed by atoms with Crippen molar-refractivity contribution in [2.24, 2.45) is 0 Å². The zero-order chi connectivity index (χ0) is 24.9. The second-order valence-corrected chi connectivity index (χ2v) is 8.78. The number of hydrogen-bond donors (Lipinski definition) is 0. The van der Waals surface area contributed by atoms with Crippen LogP contribution in [0.5, 0.6) is 11.5 Å². The molecule has 0 unspecified atom stereocenters. The Labute approximate surface area is 210 Å². The fourth-order valence-corrected chi connectivity index (χ4v) is 4.32. The zero-order valence-corrected chi connectivity index (χ0v) is 20.0. The molecule has 1 aliphatic rings. The minimum atomic E-state index is -0.460. The minimum absolute atomic E-state index is 0.0148. The lowest BCUT2D eigenvalue weighted by molar-refractivity contribution is -0.384.